The van der Waals surface area contributed by atoms with E-state index in [0.29, 0.717) is 15.1 Å². The van der Waals surface area contributed by atoms with Crippen molar-refractivity contribution >= 4 is 55.5 Å². The van der Waals surface area contributed by atoms with Crippen LogP contribution in [0.15, 0.2) is 27.2 Å². The zero-order valence-electron chi connectivity index (χ0n) is 6.80. The Labute approximate surface area is 103 Å². The van der Waals surface area contributed by atoms with Crippen LogP contribution in [0.25, 0.3) is 6.08 Å². The maximum Gasteiger partial charge on any atom is 0.328 e. The molecule has 14 heavy (non-hydrogen) atoms. The number of aliphatic carboxylic acids is 1. The van der Waals surface area contributed by atoms with Crippen LogP contribution in [0, 0.1) is 0 Å². The highest BCUT2D eigenvalue weighted by Gasteiger charge is 2.05. The molecule has 0 saturated heterocycles. The molecule has 1 aromatic carbocycles. The maximum atomic E-state index is 10.3. The molecular formula is C9H5Br2ClO2. The van der Waals surface area contributed by atoms with E-state index in [1.807, 2.05) is 0 Å². The molecule has 0 aromatic heterocycles. The topological polar surface area (TPSA) is 37.3 Å². The summed E-state index contributed by atoms with van der Waals surface area (Å²) in [7, 11) is 0. The van der Waals surface area contributed by atoms with E-state index in [0.717, 1.165) is 10.5 Å². The molecule has 0 bridgehead atoms. The molecule has 1 aromatic rings. The zero-order valence-corrected chi connectivity index (χ0v) is 10.7. The van der Waals surface area contributed by atoms with Crippen molar-refractivity contribution in [2.45, 2.75) is 0 Å². The average molecular weight is 340 g/mol. The number of carboxylic acids is 1. The molecule has 0 aliphatic heterocycles. The van der Waals surface area contributed by atoms with E-state index in [9.17, 15) is 4.79 Å². The molecule has 0 radical (unpaired) electrons. The van der Waals surface area contributed by atoms with Gasteiger partial charge in [0.05, 0.1) is 5.02 Å². The normalized spacial score (nSPS) is 10.8. The van der Waals surface area contributed by atoms with E-state index in [2.05, 4.69) is 31.9 Å². The molecule has 0 atom stereocenters. The van der Waals surface area contributed by atoms with Crippen LogP contribution in [-0.4, -0.2) is 11.1 Å². The fraction of sp³-hybridized carbons (Fsp3) is 0. The van der Waals surface area contributed by atoms with Gasteiger partial charge in [0, 0.05) is 20.6 Å². The van der Waals surface area contributed by atoms with Gasteiger partial charge in [-0.1, -0.05) is 27.5 Å². The number of hydrogen-bond acceptors (Lipinski definition) is 1. The molecule has 0 heterocycles. The summed E-state index contributed by atoms with van der Waals surface area (Å²) in [6.07, 6.45) is 2.53. The van der Waals surface area contributed by atoms with Crippen molar-refractivity contribution in [3.05, 3.63) is 37.7 Å². The highest BCUT2D eigenvalue weighted by atomic mass is 79.9. The highest BCUT2D eigenvalue weighted by molar-refractivity contribution is 9.11. The Morgan fingerprint density at radius 3 is 2.64 bits per heavy atom. The smallest absolute Gasteiger partial charge is 0.328 e. The summed E-state index contributed by atoms with van der Waals surface area (Å²) in [6, 6.07) is 3.47. The predicted molar refractivity (Wildman–Crippen MR) is 63.5 cm³/mol. The van der Waals surface area contributed by atoms with Crippen LogP contribution >= 0.6 is 43.5 Å². The zero-order chi connectivity index (χ0) is 10.7. The third kappa shape index (κ3) is 2.83. The lowest BCUT2D eigenvalue weighted by molar-refractivity contribution is -0.131. The number of benzene rings is 1. The summed E-state index contributed by atoms with van der Waals surface area (Å²) in [5.41, 5.74) is 0.708. The number of carboxylic acid groups (broad SMARTS) is 1. The predicted octanol–water partition coefficient (Wildman–Crippen LogP) is 3.96. The minimum Gasteiger partial charge on any atom is -0.478 e. The van der Waals surface area contributed by atoms with Gasteiger partial charge in [-0.2, -0.15) is 0 Å². The monoisotopic (exact) mass is 338 g/mol. The van der Waals surface area contributed by atoms with E-state index in [4.69, 9.17) is 16.7 Å². The van der Waals surface area contributed by atoms with Crippen LogP contribution < -0.4 is 0 Å². The number of halogens is 3. The summed E-state index contributed by atoms with van der Waals surface area (Å²) >= 11 is 12.4. The second-order valence-electron chi connectivity index (χ2n) is 2.43. The summed E-state index contributed by atoms with van der Waals surface area (Å²) < 4.78 is 1.46. The van der Waals surface area contributed by atoms with Gasteiger partial charge in [0.1, 0.15) is 0 Å². The van der Waals surface area contributed by atoms with Crippen molar-refractivity contribution in [3.8, 4) is 0 Å². The molecule has 1 N–H and O–H groups in total. The minimum atomic E-state index is -0.997. The fourth-order valence-electron chi connectivity index (χ4n) is 0.850. The summed E-state index contributed by atoms with van der Waals surface area (Å²) in [5.74, 6) is -0.997. The van der Waals surface area contributed by atoms with Crippen molar-refractivity contribution in [2.75, 3.05) is 0 Å². The van der Waals surface area contributed by atoms with Crippen molar-refractivity contribution in [2.24, 2.45) is 0 Å². The van der Waals surface area contributed by atoms with Gasteiger partial charge in [-0.15, -0.1) is 0 Å². The molecule has 1 rings (SSSR count). The summed E-state index contributed by atoms with van der Waals surface area (Å²) in [4.78, 5) is 10.3. The first kappa shape index (κ1) is 11.8. The summed E-state index contributed by atoms with van der Waals surface area (Å²) in [6.45, 7) is 0. The molecule has 0 saturated carbocycles. The highest BCUT2D eigenvalue weighted by Crippen LogP contribution is 2.32. The first-order valence-corrected chi connectivity index (χ1v) is 5.53. The number of hydrogen-bond donors (Lipinski definition) is 1. The summed E-state index contributed by atoms with van der Waals surface area (Å²) in [5, 5.41) is 9.02. The Kier molecular flexibility index (Phi) is 4.16. The van der Waals surface area contributed by atoms with Crippen LogP contribution in [0.5, 0.6) is 0 Å². The molecule has 0 fully saturated rings. The fourth-order valence-corrected chi connectivity index (χ4v) is 2.22. The molecule has 0 aliphatic rings. The van der Waals surface area contributed by atoms with Crippen molar-refractivity contribution < 1.29 is 9.90 Å². The Hall–Kier alpha value is -0.320. The molecular weight excluding hydrogens is 335 g/mol. The molecule has 0 amide bonds. The lowest BCUT2D eigenvalue weighted by Crippen LogP contribution is -1.87. The SMILES string of the molecule is O=C(O)/C=C/c1c(Br)ccc(Cl)c1Br. The van der Waals surface area contributed by atoms with E-state index in [-0.39, 0.29) is 0 Å². The van der Waals surface area contributed by atoms with Gasteiger partial charge in [-0.3, -0.25) is 0 Å². The van der Waals surface area contributed by atoms with Gasteiger partial charge in [-0.25, -0.2) is 4.79 Å². The van der Waals surface area contributed by atoms with Gasteiger partial charge < -0.3 is 5.11 Å². The molecule has 5 heteroatoms. The Morgan fingerprint density at radius 2 is 2.07 bits per heavy atom. The molecule has 0 aliphatic carbocycles. The largest absolute Gasteiger partial charge is 0.478 e. The van der Waals surface area contributed by atoms with Gasteiger partial charge >= 0.3 is 5.97 Å². The van der Waals surface area contributed by atoms with E-state index in [1.165, 1.54) is 6.08 Å². The number of carbonyl (C=O) groups is 1. The van der Waals surface area contributed by atoms with Gasteiger partial charge in [-0.05, 0) is 34.1 Å². The number of rotatable bonds is 2. The van der Waals surface area contributed by atoms with Crippen LogP contribution in [0.4, 0.5) is 0 Å². The Bertz CT molecular complexity index is 402. The quantitative estimate of drug-likeness (QED) is 0.653. The standard InChI is InChI=1S/C9H5Br2ClO2/c10-6-2-3-7(12)9(11)5(6)1-4-8(13)14/h1-4H,(H,13,14)/b4-1+. The van der Waals surface area contributed by atoms with E-state index < -0.39 is 5.97 Å². The average Bonchev–Trinajstić information content (AvgIpc) is 2.11. The third-order valence-electron chi connectivity index (χ3n) is 1.47. The van der Waals surface area contributed by atoms with Crippen LogP contribution in [0.1, 0.15) is 5.56 Å². The molecule has 2 nitrogen and oxygen atoms in total. The van der Waals surface area contributed by atoms with Gasteiger partial charge in [0.15, 0.2) is 0 Å². The lowest BCUT2D eigenvalue weighted by atomic mass is 10.2. The maximum absolute atomic E-state index is 10.3. The van der Waals surface area contributed by atoms with Crippen LogP contribution in [0.2, 0.25) is 5.02 Å². The molecule has 0 unspecified atom stereocenters. The lowest BCUT2D eigenvalue weighted by Gasteiger charge is -2.03. The van der Waals surface area contributed by atoms with Crippen molar-refractivity contribution in [1.29, 1.82) is 0 Å². The Morgan fingerprint density at radius 1 is 1.43 bits per heavy atom. The Balaban J connectivity index is 3.19. The third-order valence-corrected chi connectivity index (χ3v) is 3.56. The molecule has 74 valence electrons. The van der Waals surface area contributed by atoms with E-state index in [1.54, 1.807) is 12.1 Å². The van der Waals surface area contributed by atoms with Crippen molar-refractivity contribution in [1.82, 2.24) is 0 Å². The second-order valence-corrected chi connectivity index (χ2v) is 4.48. The van der Waals surface area contributed by atoms with Gasteiger partial charge in [0.25, 0.3) is 0 Å². The first-order valence-electron chi connectivity index (χ1n) is 3.57. The van der Waals surface area contributed by atoms with Crippen LogP contribution in [-0.2, 0) is 4.79 Å². The van der Waals surface area contributed by atoms with Gasteiger partial charge in [0.2, 0.25) is 0 Å². The minimum absolute atomic E-state index is 0.540. The second kappa shape index (κ2) is 4.96. The van der Waals surface area contributed by atoms with Crippen LogP contribution in [0.3, 0.4) is 0 Å². The first-order chi connectivity index (χ1) is 6.52. The molecule has 0 spiro atoms. The van der Waals surface area contributed by atoms with Crippen molar-refractivity contribution in [3.63, 3.8) is 0 Å². The van der Waals surface area contributed by atoms with E-state index >= 15 is 0 Å².